The molecule has 1 aromatic rings. The molecule has 1 N–H and O–H groups in total. The predicted molar refractivity (Wildman–Crippen MR) is 81.6 cm³/mol. The van der Waals surface area contributed by atoms with Gasteiger partial charge >= 0.3 is 0 Å². The molecule has 1 atom stereocenters. The Balaban J connectivity index is 2.16. The molecule has 1 aliphatic rings. The average Bonchev–Trinajstić information content (AvgIpc) is 2.48. The summed E-state index contributed by atoms with van der Waals surface area (Å²) in [6.45, 7) is 3.08. The van der Waals surface area contributed by atoms with Crippen molar-refractivity contribution >= 4 is 27.5 Å². The number of nitrogens with zero attached hydrogens (tertiary/aromatic N) is 1. The van der Waals surface area contributed by atoms with Crippen molar-refractivity contribution in [3.05, 3.63) is 29.3 Å². The molecule has 1 amide bonds. The standard InChI is InChI=1S/C14H19ClN2O3S/c1-2-16-14(18)11-4-3-9-17(10-11)21(19,20)13-7-5-12(15)6-8-13/h5-8,11H,2-4,9-10H2,1H3,(H,16,18)/t11-/m0/s1. The van der Waals surface area contributed by atoms with E-state index in [0.717, 1.165) is 6.42 Å². The number of amides is 1. The molecule has 0 aromatic heterocycles. The Bertz CT molecular complexity index is 601. The minimum atomic E-state index is -3.57. The fraction of sp³-hybridized carbons (Fsp3) is 0.500. The summed E-state index contributed by atoms with van der Waals surface area (Å²) in [6.07, 6.45) is 1.41. The smallest absolute Gasteiger partial charge is 0.243 e. The van der Waals surface area contributed by atoms with Crippen LogP contribution >= 0.6 is 11.6 Å². The van der Waals surface area contributed by atoms with E-state index >= 15 is 0 Å². The van der Waals surface area contributed by atoms with Gasteiger partial charge in [-0.2, -0.15) is 4.31 Å². The molecule has 116 valence electrons. The number of hydrogen-bond acceptors (Lipinski definition) is 3. The first-order valence-corrected chi connectivity index (χ1v) is 8.80. The summed E-state index contributed by atoms with van der Waals surface area (Å²) in [4.78, 5) is 12.1. The van der Waals surface area contributed by atoms with E-state index in [1.54, 1.807) is 12.1 Å². The van der Waals surface area contributed by atoms with Crippen molar-refractivity contribution in [2.24, 2.45) is 5.92 Å². The van der Waals surface area contributed by atoms with Crippen molar-refractivity contribution in [3.8, 4) is 0 Å². The SMILES string of the molecule is CCNC(=O)[C@H]1CCCN(S(=O)(=O)c2ccc(Cl)cc2)C1. The van der Waals surface area contributed by atoms with Crippen LogP contribution in [0.5, 0.6) is 0 Å². The zero-order valence-corrected chi connectivity index (χ0v) is 13.5. The maximum absolute atomic E-state index is 12.6. The van der Waals surface area contributed by atoms with Crippen LogP contribution in [0, 0.1) is 5.92 Å². The van der Waals surface area contributed by atoms with E-state index in [0.29, 0.717) is 24.5 Å². The maximum Gasteiger partial charge on any atom is 0.243 e. The Morgan fingerprint density at radius 2 is 2.05 bits per heavy atom. The lowest BCUT2D eigenvalue weighted by Crippen LogP contribution is -2.45. The highest BCUT2D eigenvalue weighted by Crippen LogP contribution is 2.24. The number of benzene rings is 1. The summed E-state index contributed by atoms with van der Waals surface area (Å²) in [5.41, 5.74) is 0. The molecule has 1 saturated heterocycles. The van der Waals surface area contributed by atoms with Gasteiger partial charge in [0.25, 0.3) is 0 Å². The van der Waals surface area contributed by atoms with Crippen LogP contribution in [0.1, 0.15) is 19.8 Å². The maximum atomic E-state index is 12.6. The quantitative estimate of drug-likeness (QED) is 0.916. The Labute approximate surface area is 130 Å². The van der Waals surface area contributed by atoms with Gasteiger partial charge in [0, 0.05) is 24.7 Å². The fourth-order valence-electron chi connectivity index (χ4n) is 2.45. The van der Waals surface area contributed by atoms with Gasteiger partial charge in [0.1, 0.15) is 0 Å². The molecule has 2 rings (SSSR count). The lowest BCUT2D eigenvalue weighted by molar-refractivity contribution is -0.125. The van der Waals surface area contributed by atoms with Gasteiger partial charge in [-0.15, -0.1) is 0 Å². The van der Waals surface area contributed by atoms with Crippen LogP contribution in [-0.2, 0) is 14.8 Å². The van der Waals surface area contributed by atoms with Crippen molar-refractivity contribution in [1.82, 2.24) is 9.62 Å². The topological polar surface area (TPSA) is 66.5 Å². The van der Waals surface area contributed by atoms with Crippen LogP contribution in [0.25, 0.3) is 0 Å². The molecule has 1 aromatic carbocycles. The number of rotatable bonds is 4. The van der Waals surface area contributed by atoms with E-state index in [4.69, 9.17) is 11.6 Å². The van der Waals surface area contributed by atoms with Gasteiger partial charge in [0.15, 0.2) is 0 Å². The summed E-state index contributed by atoms with van der Waals surface area (Å²) in [5.74, 6) is -0.353. The minimum absolute atomic E-state index is 0.0755. The molecule has 0 saturated carbocycles. The highest BCUT2D eigenvalue weighted by atomic mass is 35.5. The van der Waals surface area contributed by atoms with Crippen molar-refractivity contribution in [3.63, 3.8) is 0 Å². The van der Waals surface area contributed by atoms with Crippen molar-refractivity contribution in [1.29, 1.82) is 0 Å². The zero-order chi connectivity index (χ0) is 15.5. The van der Waals surface area contributed by atoms with E-state index in [2.05, 4.69) is 5.32 Å². The van der Waals surface area contributed by atoms with Crippen LogP contribution in [0.3, 0.4) is 0 Å². The molecular formula is C14H19ClN2O3S. The molecule has 0 unspecified atom stereocenters. The van der Waals surface area contributed by atoms with E-state index in [1.165, 1.54) is 16.4 Å². The number of halogens is 1. The summed E-state index contributed by atoms with van der Waals surface area (Å²) in [7, 11) is -3.57. The Hall–Kier alpha value is -1.11. The van der Waals surface area contributed by atoms with Crippen LogP contribution in [0.4, 0.5) is 0 Å². The number of piperidine rings is 1. The van der Waals surface area contributed by atoms with Crippen LogP contribution in [0.15, 0.2) is 29.2 Å². The van der Waals surface area contributed by atoms with Crippen LogP contribution in [0.2, 0.25) is 5.02 Å². The zero-order valence-electron chi connectivity index (χ0n) is 11.9. The first-order valence-electron chi connectivity index (χ1n) is 6.98. The number of carbonyl (C=O) groups excluding carboxylic acids is 1. The first-order chi connectivity index (χ1) is 9.95. The van der Waals surface area contributed by atoms with E-state index in [-0.39, 0.29) is 23.3 Å². The van der Waals surface area contributed by atoms with E-state index in [1.807, 2.05) is 6.92 Å². The van der Waals surface area contributed by atoms with Gasteiger partial charge in [-0.1, -0.05) is 11.6 Å². The van der Waals surface area contributed by atoms with Crippen molar-refractivity contribution < 1.29 is 13.2 Å². The Morgan fingerprint density at radius 3 is 2.67 bits per heavy atom. The molecule has 0 spiro atoms. The van der Waals surface area contributed by atoms with Gasteiger partial charge < -0.3 is 5.32 Å². The normalized spacial score (nSPS) is 20.2. The molecule has 1 aliphatic heterocycles. The van der Waals surface area contributed by atoms with Crippen LogP contribution in [-0.4, -0.2) is 38.3 Å². The molecular weight excluding hydrogens is 312 g/mol. The Kier molecular flexibility index (Phi) is 5.24. The summed E-state index contributed by atoms with van der Waals surface area (Å²) >= 11 is 5.79. The van der Waals surface area contributed by atoms with Gasteiger partial charge in [0.2, 0.25) is 15.9 Å². The third kappa shape index (κ3) is 3.75. The second-order valence-electron chi connectivity index (χ2n) is 5.05. The molecule has 5 nitrogen and oxygen atoms in total. The summed E-state index contributed by atoms with van der Waals surface area (Å²) < 4.78 is 26.5. The monoisotopic (exact) mass is 330 g/mol. The molecule has 0 aliphatic carbocycles. The molecule has 0 bridgehead atoms. The molecule has 1 heterocycles. The third-order valence-electron chi connectivity index (χ3n) is 3.56. The van der Waals surface area contributed by atoms with Crippen LogP contribution < -0.4 is 5.32 Å². The van der Waals surface area contributed by atoms with Crippen molar-refractivity contribution in [2.75, 3.05) is 19.6 Å². The highest BCUT2D eigenvalue weighted by Gasteiger charge is 2.32. The van der Waals surface area contributed by atoms with Crippen molar-refractivity contribution in [2.45, 2.75) is 24.7 Å². The number of carbonyl (C=O) groups is 1. The largest absolute Gasteiger partial charge is 0.356 e. The molecule has 21 heavy (non-hydrogen) atoms. The highest BCUT2D eigenvalue weighted by molar-refractivity contribution is 7.89. The van der Waals surface area contributed by atoms with Gasteiger partial charge in [0.05, 0.1) is 10.8 Å². The average molecular weight is 331 g/mol. The number of nitrogens with one attached hydrogen (secondary N) is 1. The second kappa shape index (κ2) is 6.77. The van der Waals surface area contributed by atoms with E-state index < -0.39 is 10.0 Å². The first kappa shape index (κ1) is 16.3. The fourth-order valence-corrected chi connectivity index (χ4v) is 4.10. The Morgan fingerprint density at radius 1 is 1.38 bits per heavy atom. The second-order valence-corrected chi connectivity index (χ2v) is 7.43. The molecule has 7 heteroatoms. The third-order valence-corrected chi connectivity index (χ3v) is 5.69. The lowest BCUT2D eigenvalue weighted by atomic mass is 9.99. The van der Waals surface area contributed by atoms with Gasteiger partial charge in [-0.05, 0) is 44.0 Å². The van der Waals surface area contributed by atoms with Gasteiger partial charge in [-0.25, -0.2) is 8.42 Å². The number of sulfonamides is 1. The minimum Gasteiger partial charge on any atom is -0.356 e. The predicted octanol–water partition coefficient (Wildman–Crippen LogP) is 1.88. The van der Waals surface area contributed by atoms with Gasteiger partial charge in [-0.3, -0.25) is 4.79 Å². The summed E-state index contributed by atoms with van der Waals surface area (Å²) in [5, 5.41) is 3.25. The lowest BCUT2D eigenvalue weighted by Gasteiger charge is -2.31. The van der Waals surface area contributed by atoms with E-state index in [9.17, 15) is 13.2 Å². The summed E-state index contributed by atoms with van der Waals surface area (Å²) in [6, 6.07) is 6.10. The number of hydrogen-bond donors (Lipinski definition) is 1. The molecule has 0 radical (unpaired) electrons. The molecule has 1 fully saturated rings.